The van der Waals surface area contributed by atoms with E-state index in [0.29, 0.717) is 37.6 Å². The lowest BCUT2D eigenvalue weighted by atomic mass is 9.84. The average molecular weight is 793 g/mol. The van der Waals surface area contributed by atoms with Crippen LogP contribution in [0.2, 0.25) is 0 Å². The van der Waals surface area contributed by atoms with Crippen molar-refractivity contribution < 1.29 is 57.2 Å². The predicted octanol–water partition coefficient (Wildman–Crippen LogP) is 5.35. The molecule has 0 aliphatic carbocycles. The summed E-state index contributed by atoms with van der Waals surface area (Å²) in [6.07, 6.45) is 5.16. The van der Waals surface area contributed by atoms with Gasteiger partial charge in [0.15, 0.2) is 11.5 Å². The first-order chi connectivity index (χ1) is 26.6. The highest BCUT2D eigenvalue weighted by Gasteiger charge is 2.39. The fourth-order valence-electron chi connectivity index (χ4n) is 7.99. The van der Waals surface area contributed by atoms with Gasteiger partial charge in [-0.25, -0.2) is 9.59 Å². The Morgan fingerprint density at radius 3 is 1.95 bits per heavy atom. The van der Waals surface area contributed by atoms with Crippen molar-refractivity contribution in [2.75, 3.05) is 87.5 Å². The molecule has 12 heteroatoms. The maximum Gasteiger partial charge on any atom is 0.331 e. The number of aliphatic hydroxyl groups excluding tert-OH is 2. The number of carbonyl (C=O) groups is 2. The Kier molecular flexibility index (Phi) is 18.5. The van der Waals surface area contributed by atoms with E-state index in [0.717, 1.165) is 95.7 Å². The number of methoxy groups -OCH3 is 3. The van der Waals surface area contributed by atoms with Crippen LogP contribution in [0.15, 0.2) is 66.7 Å². The van der Waals surface area contributed by atoms with Crippen LogP contribution in [-0.4, -0.2) is 119 Å². The molecule has 3 aromatic rings. The Labute approximate surface area is 339 Å². The molecule has 0 amide bonds. The van der Waals surface area contributed by atoms with Gasteiger partial charge < -0.3 is 62.5 Å². The molecular weight excluding hydrogens is 728 g/mol. The van der Waals surface area contributed by atoms with Gasteiger partial charge in [-0.05, 0) is 58.7 Å². The molecule has 0 aromatic heterocycles. The summed E-state index contributed by atoms with van der Waals surface area (Å²) in [5.74, 6) is 1.01. The molecule has 1 saturated heterocycles. The lowest BCUT2D eigenvalue weighted by Gasteiger charge is -2.46. The van der Waals surface area contributed by atoms with Crippen LogP contribution in [0, 0.1) is 14.9 Å². The van der Waals surface area contributed by atoms with Gasteiger partial charge in [-0.15, -0.1) is 0 Å². The number of carbonyl (C=O) groups excluding carboxylic acids is 2. The summed E-state index contributed by atoms with van der Waals surface area (Å²) in [6.45, 7) is 6.50. The molecule has 2 heterocycles. The smallest absolute Gasteiger partial charge is 0.331 e. The fourth-order valence-corrected chi connectivity index (χ4v) is 7.99. The third-order valence-electron chi connectivity index (χ3n) is 11.2. The van der Waals surface area contributed by atoms with Gasteiger partial charge >= 0.3 is 11.9 Å². The normalized spacial score (nSPS) is 18.4. The highest BCUT2D eigenvalue weighted by Crippen LogP contribution is 2.39. The van der Waals surface area contributed by atoms with E-state index in [2.05, 4.69) is 31.3 Å². The van der Waals surface area contributed by atoms with E-state index >= 15 is 0 Å². The number of esters is 2. The monoisotopic (exact) mass is 792 g/mol. The van der Waals surface area contributed by atoms with E-state index in [9.17, 15) is 19.8 Å². The molecular formula is C45H64N2O10. The number of likely N-dealkylation sites (N-methyl/N-ethyl adjacent to an activating group) is 1. The van der Waals surface area contributed by atoms with Crippen LogP contribution >= 0.6 is 0 Å². The molecule has 5 rings (SSSR count). The van der Waals surface area contributed by atoms with Crippen molar-refractivity contribution in [1.29, 1.82) is 0 Å². The molecule has 0 spiro atoms. The first-order valence-electron chi connectivity index (χ1n) is 19.1. The number of hydrogen-bond donors (Lipinski definition) is 2. The van der Waals surface area contributed by atoms with Gasteiger partial charge in [0.1, 0.15) is 31.4 Å². The van der Waals surface area contributed by atoms with Crippen molar-refractivity contribution in [2.45, 2.75) is 51.5 Å². The lowest BCUT2D eigenvalue weighted by molar-refractivity contribution is -0.947. The second-order valence-corrected chi connectivity index (χ2v) is 14.7. The standard InChI is InChI=1S/C43H58N2O10.2CH3/c1-44(18-15-34-27-35(30-46)36(31-47)28-38(34)39(44)25-32-7-10-37(50-2)11-8-32)16-5-21-54-42(48)13-14-43(49)55-22-6-17-45(19-23-53-24-20-45)29-33-9-12-40(51-3)41(26-33)52-4;;/h7-14,26-28,39,46-47H,5-6,15-25,29-31H2,1-4H3;2*1H3/q+2;2*-1/b14-13-;;/t39-,44-;;/m1../s1. The van der Waals surface area contributed by atoms with Crippen LogP contribution in [0.5, 0.6) is 17.2 Å². The maximum absolute atomic E-state index is 12.6. The highest BCUT2D eigenvalue weighted by molar-refractivity contribution is 5.91. The van der Waals surface area contributed by atoms with Gasteiger partial charge in [-0.2, -0.15) is 0 Å². The number of morpholine rings is 1. The third kappa shape index (κ3) is 12.5. The molecule has 1 fully saturated rings. The Morgan fingerprint density at radius 1 is 0.754 bits per heavy atom. The minimum absolute atomic E-state index is 0. The Balaban J connectivity index is 0.00000435. The number of quaternary nitrogens is 2. The van der Waals surface area contributed by atoms with Gasteiger partial charge in [0, 0.05) is 49.0 Å². The second-order valence-electron chi connectivity index (χ2n) is 14.7. The van der Waals surface area contributed by atoms with E-state index in [1.807, 2.05) is 30.3 Å². The third-order valence-corrected chi connectivity index (χ3v) is 11.2. The van der Waals surface area contributed by atoms with Crippen LogP contribution in [0.3, 0.4) is 0 Å². The van der Waals surface area contributed by atoms with E-state index in [1.54, 1.807) is 21.3 Å². The number of hydrogen-bond acceptors (Lipinski definition) is 10. The second kappa shape index (κ2) is 22.5. The molecule has 3 aromatic carbocycles. The predicted molar refractivity (Wildman–Crippen MR) is 219 cm³/mol. The number of ether oxygens (including phenoxy) is 6. The molecule has 57 heavy (non-hydrogen) atoms. The molecule has 2 aliphatic rings. The maximum atomic E-state index is 12.6. The van der Waals surface area contributed by atoms with Crippen molar-refractivity contribution in [1.82, 2.24) is 0 Å². The SMILES string of the molecule is COc1ccc(C[C@@H]2c3cc(CO)c(CO)cc3CC[N@@+]2(C)CCCOC(=O)/C=C\C(=O)OCCC[N+]2(Cc3ccc(OC)c(OC)c3)CCOCC2)cc1.[CH3-].[CH3-]. The number of benzene rings is 3. The van der Waals surface area contributed by atoms with Crippen LogP contribution in [0.4, 0.5) is 0 Å². The molecule has 0 bridgehead atoms. The van der Waals surface area contributed by atoms with Gasteiger partial charge in [0.25, 0.3) is 0 Å². The van der Waals surface area contributed by atoms with Crippen molar-refractivity contribution in [3.05, 3.63) is 115 Å². The zero-order chi connectivity index (χ0) is 39.3. The van der Waals surface area contributed by atoms with Gasteiger partial charge in [0.2, 0.25) is 0 Å². The Morgan fingerprint density at radius 2 is 1.35 bits per heavy atom. The van der Waals surface area contributed by atoms with Gasteiger partial charge in [-0.3, -0.25) is 0 Å². The van der Waals surface area contributed by atoms with Crippen LogP contribution in [0.1, 0.15) is 52.3 Å². The van der Waals surface area contributed by atoms with Crippen LogP contribution < -0.4 is 14.2 Å². The molecule has 0 unspecified atom stereocenters. The number of fused-ring (bicyclic) bond motifs is 1. The summed E-state index contributed by atoms with van der Waals surface area (Å²) in [6, 6.07) is 18.2. The summed E-state index contributed by atoms with van der Waals surface area (Å²) in [7, 11) is 7.13. The fraction of sp³-hybridized carbons (Fsp3) is 0.467. The minimum atomic E-state index is -0.588. The van der Waals surface area contributed by atoms with Crippen LogP contribution in [0.25, 0.3) is 0 Å². The van der Waals surface area contributed by atoms with E-state index in [-0.39, 0.29) is 47.3 Å². The minimum Gasteiger partial charge on any atom is -0.497 e. The quantitative estimate of drug-likeness (QED) is 0.0539. The number of rotatable bonds is 19. The molecule has 12 nitrogen and oxygen atoms in total. The van der Waals surface area contributed by atoms with Crippen molar-refractivity contribution in [2.24, 2.45) is 0 Å². The summed E-state index contributed by atoms with van der Waals surface area (Å²) < 4.78 is 34.4. The summed E-state index contributed by atoms with van der Waals surface area (Å²) in [5, 5.41) is 20.0. The lowest BCUT2D eigenvalue weighted by Crippen LogP contribution is -2.55. The van der Waals surface area contributed by atoms with E-state index in [1.165, 1.54) is 16.7 Å². The number of aliphatic hydroxyl groups is 2. The molecule has 2 aliphatic heterocycles. The highest BCUT2D eigenvalue weighted by atomic mass is 16.5. The molecule has 2 atom stereocenters. The number of nitrogens with zero attached hydrogens (tertiary/aromatic N) is 2. The summed E-state index contributed by atoms with van der Waals surface area (Å²) >= 11 is 0. The summed E-state index contributed by atoms with van der Waals surface area (Å²) in [5.41, 5.74) is 6.16. The Hall–Kier alpha value is -4.46. The Bertz CT molecular complexity index is 1760. The zero-order valence-corrected chi connectivity index (χ0v) is 34.8. The van der Waals surface area contributed by atoms with Crippen molar-refractivity contribution in [3.63, 3.8) is 0 Å². The molecule has 314 valence electrons. The molecule has 0 radical (unpaired) electrons. The topological polar surface area (TPSA) is 130 Å². The van der Waals surface area contributed by atoms with E-state index < -0.39 is 11.9 Å². The summed E-state index contributed by atoms with van der Waals surface area (Å²) in [4.78, 5) is 25.0. The first kappa shape index (κ1) is 46.9. The van der Waals surface area contributed by atoms with Crippen molar-refractivity contribution >= 4 is 11.9 Å². The molecule has 2 N–H and O–H groups in total. The van der Waals surface area contributed by atoms with E-state index in [4.69, 9.17) is 28.4 Å². The van der Waals surface area contributed by atoms with Gasteiger partial charge in [-0.1, -0.05) is 18.2 Å². The largest absolute Gasteiger partial charge is 0.497 e. The van der Waals surface area contributed by atoms with Gasteiger partial charge in [0.05, 0.1) is 87.7 Å². The molecule has 0 saturated carbocycles. The first-order valence-corrected chi connectivity index (χ1v) is 19.1. The zero-order valence-electron chi connectivity index (χ0n) is 34.8. The average Bonchev–Trinajstić information content (AvgIpc) is 3.21. The van der Waals surface area contributed by atoms with Crippen LogP contribution in [-0.2, 0) is 56.4 Å². The van der Waals surface area contributed by atoms with Crippen molar-refractivity contribution in [3.8, 4) is 17.2 Å².